The summed E-state index contributed by atoms with van der Waals surface area (Å²) >= 11 is 0. The van der Waals surface area contributed by atoms with Gasteiger partial charge in [-0.05, 0) is 30.3 Å². The smallest absolute Gasteiger partial charge is 0.327 e. The number of benzene rings is 1. The van der Waals surface area contributed by atoms with Crippen LogP contribution in [0.4, 0.5) is 11.6 Å². The van der Waals surface area contributed by atoms with E-state index in [1.165, 1.54) is 30.7 Å². The maximum Gasteiger partial charge on any atom is 0.327 e. The molecule has 3 heterocycles. The lowest BCUT2D eigenvalue weighted by Crippen LogP contribution is -2.23. The average molecular weight is 426 g/mol. The first kappa shape index (κ1) is 19.2. The fourth-order valence-electron chi connectivity index (χ4n) is 2.54. The van der Waals surface area contributed by atoms with Gasteiger partial charge in [0, 0.05) is 18.1 Å². The first-order valence-electron chi connectivity index (χ1n) is 8.53. The summed E-state index contributed by atoms with van der Waals surface area (Å²) in [5.74, 6) is -0.0223. The fourth-order valence-corrected chi connectivity index (χ4v) is 3.50. The zero-order valence-electron chi connectivity index (χ0n) is 15.2. The molecule has 0 spiro atoms. The third kappa shape index (κ3) is 4.15. The second-order valence-electron chi connectivity index (χ2n) is 6.02. The molecule has 4 N–H and O–H groups in total. The van der Waals surface area contributed by atoms with Gasteiger partial charge in [0.2, 0.25) is 5.95 Å². The summed E-state index contributed by atoms with van der Waals surface area (Å²) in [5, 5.41) is 3.06. The van der Waals surface area contributed by atoms with E-state index < -0.39 is 21.3 Å². The van der Waals surface area contributed by atoms with Gasteiger partial charge >= 0.3 is 5.69 Å². The van der Waals surface area contributed by atoms with E-state index >= 15 is 0 Å². The lowest BCUT2D eigenvalue weighted by molar-refractivity contribution is 0.601. The highest BCUT2D eigenvalue weighted by molar-refractivity contribution is 7.92. The number of sulfonamides is 1. The van der Waals surface area contributed by atoms with Crippen molar-refractivity contribution >= 4 is 32.8 Å². The minimum Gasteiger partial charge on any atom is -0.379 e. The Bertz CT molecular complexity index is 1420. The predicted octanol–water partition coefficient (Wildman–Crippen LogP) is 0.209. The van der Waals surface area contributed by atoms with Crippen LogP contribution in [0.15, 0.2) is 63.4 Å². The number of hydrogen-bond acceptors (Lipinski definition) is 9. The van der Waals surface area contributed by atoms with Crippen molar-refractivity contribution in [1.82, 2.24) is 29.9 Å². The summed E-state index contributed by atoms with van der Waals surface area (Å²) in [7, 11) is -3.82. The summed E-state index contributed by atoms with van der Waals surface area (Å²) in [6.45, 7) is 0.226. The molecule has 1 aromatic carbocycles. The topological polar surface area (TPSA) is 175 Å². The normalized spacial score (nSPS) is 11.3. The second kappa shape index (κ2) is 7.71. The van der Waals surface area contributed by atoms with E-state index in [-0.39, 0.29) is 28.6 Å². The van der Waals surface area contributed by atoms with Gasteiger partial charge in [-0.15, -0.1) is 0 Å². The molecule has 0 aliphatic rings. The molecule has 30 heavy (non-hydrogen) atoms. The van der Waals surface area contributed by atoms with Crippen molar-refractivity contribution in [3.8, 4) is 0 Å². The highest BCUT2D eigenvalue weighted by atomic mass is 32.2. The van der Waals surface area contributed by atoms with E-state index in [9.17, 15) is 18.0 Å². The van der Waals surface area contributed by atoms with Crippen LogP contribution in [-0.2, 0) is 16.6 Å². The maximum absolute atomic E-state index is 12.4. The first-order chi connectivity index (χ1) is 14.4. The van der Waals surface area contributed by atoms with E-state index in [0.29, 0.717) is 11.4 Å². The molecule has 0 aliphatic heterocycles. The summed E-state index contributed by atoms with van der Waals surface area (Å²) < 4.78 is 27.1. The van der Waals surface area contributed by atoms with Crippen LogP contribution in [0.1, 0.15) is 5.69 Å². The Morgan fingerprint density at radius 3 is 2.43 bits per heavy atom. The molecule has 12 nitrogen and oxygen atoms in total. The minimum atomic E-state index is -3.82. The largest absolute Gasteiger partial charge is 0.379 e. The lowest BCUT2D eigenvalue weighted by Gasteiger charge is -2.09. The van der Waals surface area contributed by atoms with Gasteiger partial charge < -0.3 is 5.32 Å². The zero-order chi connectivity index (χ0) is 21.1. The third-order valence-corrected chi connectivity index (χ3v) is 5.27. The van der Waals surface area contributed by atoms with E-state index in [1.54, 1.807) is 18.2 Å². The Morgan fingerprint density at radius 2 is 1.70 bits per heavy atom. The van der Waals surface area contributed by atoms with E-state index in [1.807, 2.05) is 0 Å². The molecule has 4 rings (SSSR count). The Labute approximate surface area is 168 Å². The molecular weight excluding hydrogens is 412 g/mol. The molecule has 0 saturated carbocycles. The van der Waals surface area contributed by atoms with Crippen LogP contribution in [0.2, 0.25) is 0 Å². The number of nitrogens with zero attached hydrogens (tertiary/aromatic N) is 4. The molecule has 4 aromatic rings. The number of aromatic amines is 2. The maximum atomic E-state index is 12.4. The van der Waals surface area contributed by atoms with Crippen molar-refractivity contribution in [1.29, 1.82) is 0 Å². The predicted molar refractivity (Wildman–Crippen MR) is 107 cm³/mol. The van der Waals surface area contributed by atoms with Crippen LogP contribution >= 0.6 is 0 Å². The number of aromatic nitrogens is 6. The molecule has 0 amide bonds. The minimum absolute atomic E-state index is 0.0181. The summed E-state index contributed by atoms with van der Waals surface area (Å²) in [6, 6.07) is 7.59. The number of anilines is 2. The van der Waals surface area contributed by atoms with Crippen LogP contribution < -0.4 is 21.3 Å². The lowest BCUT2D eigenvalue weighted by atomic mass is 10.3. The monoisotopic (exact) mass is 426 g/mol. The van der Waals surface area contributed by atoms with Gasteiger partial charge in [0.1, 0.15) is 0 Å². The van der Waals surface area contributed by atoms with Crippen LogP contribution in [0.3, 0.4) is 0 Å². The third-order valence-electron chi connectivity index (χ3n) is 3.93. The molecule has 13 heteroatoms. The van der Waals surface area contributed by atoms with Gasteiger partial charge in [0.05, 0.1) is 23.3 Å². The van der Waals surface area contributed by atoms with E-state index in [0.717, 1.165) is 0 Å². The molecule has 0 saturated heterocycles. The fraction of sp³-hybridized carbons (Fsp3) is 0.0588. The molecular formula is C17H14N8O4S. The zero-order valence-corrected chi connectivity index (χ0v) is 16.0. The number of fused-ring (bicyclic) bond motifs is 1. The van der Waals surface area contributed by atoms with E-state index in [2.05, 4.69) is 39.9 Å². The van der Waals surface area contributed by atoms with Crippen LogP contribution in [0.5, 0.6) is 0 Å². The SMILES string of the molecule is O=c1[nH]c(=O)c2nc(CNc3ccc(S(=O)(=O)Nc4ncccn4)cc3)cnc2[nH]1. The number of nitrogens with one attached hydrogen (secondary N) is 4. The Balaban J connectivity index is 1.47. The average Bonchev–Trinajstić information content (AvgIpc) is 2.73. The standard InChI is InChI=1S/C17H14N8O4S/c26-15-13-14(23-17(27)24-15)21-9-11(22-13)8-20-10-2-4-12(5-3-10)30(28,29)25-16-18-6-1-7-19-16/h1-7,9,20H,8H2,(H,18,19,25)(H2,21,23,24,26,27). The van der Waals surface area contributed by atoms with Crippen LogP contribution in [-0.4, -0.2) is 38.3 Å². The summed E-state index contributed by atoms with van der Waals surface area (Å²) in [5.41, 5.74) is -0.0908. The molecule has 0 fully saturated rings. The highest BCUT2D eigenvalue weighted by Crippen LogP contribution is 2.17. The van der Waals surface area contributed by atoms with Crippen molar-refractivity contribution in [3.63, 3.8) is 0 Å². The van der Waals surface area contributed by atoms with E-state index in [4.69, 9.17) is 0 Å². The summed E-state index contributed by atoms with van der Waals surface area (Å²) in [4.78, 5) is 43.5. The summed E-state index contributed by atoms with van der Waals surface area (Å²) in [6.07, 6.45) is 4.28. The van der Waals surface area contributed by atoms with Gasteiger partial charge in [-0.1, -0.05) is 0 Å². The van der Waals surface area contributed by atoms with Gasteiger partial charge in [-0.2, -0.15) is 0 Å². The van der Waals surface area contributed by atoms with Crippen molar-refractivity contribution in [2.45, 2.75) is 11.4 Å². The molecule has 0 radical (unpaired) electrons. The Kier molecular flexibility index (Phi) is 4.93. The molecule has 0 unspecified atom stereocenters. The molecule has 152 valence electrons. The van der Waals surface area contributed by atoms with Crippen LogP contribution in [0, 0.1) is 0 Å². The molecule has 0 bridgehead atoms. The second-order valence-corrected chi connectivity index (χ2v) is 7.71. The molecule has 3 aromatic heterocycles. The molecule has 0 aliphatic carbocycles. The Morgan fingerprint density at radius 1 is 0.967 bits per heavy atom. The number of rotatable bonds is 6. The molecule has 0 atom stereocenters. The quantitative estimate of drug-likeness (QED) is 0.336. The van der Waals surface area contributed by atoms with Gasteiger partial charge in [0.15, 0.2) is 11.2 Å². The first-order valence-corrected chi connectivity index (χ1v) is 10.0. The van der Waals surface area contributed by atoms with Crippen molar-refractivity contribution in [2.75, 3.05) is 10.0 Å². The van der Waals surface area contributed by atoms with Crippen LogP contribution in [0.25, 0.3) is 11.2 Å². The number of H-pyrrole nitrogens is 2. The van der Waals surface area contributed by atoms with Gasteiger partial charge in [-0.3, -0.25) is 14.8 Å². The van der Waals surface area contributed by atoms with Crippen molar-refractivity contribution in [3.05, 3.63) is 75.5 Å². The highest BCUT2D eigenvalue weighted by Gasteiger charge is 2.15. The Hall–Kier alpha value is -4.13. The number of hydrogen-bond donors (Lipinski definition) is 4. The van der Waals surface area contributed by atoms with Crippen molar-refractivity contribution < 1.29 is 8.42 Å². The van der Waals surface area contributed by atoms with Crippen molar-refractivity contribution in [2.24, 2.45) is 0 Å². The van der Waals surface area contributed by atoms with Gasteiger partial charge in [0.25, 0.3) is 15.6 Å². The van der Waals surface area contributed by atoms with Gasteiger partial charge in [-0.25, -0.2) is 37.9 Å².